The average molecular weight is 385 g/mol. The van der Waals surface area contributed by atoms with Crippen LogP contribution in [-0.4, -0.2) is 40.6 Å². The first kappa shape index (κ1) is 20.2. The number of aliphatic hydroxyl groups is 1. The molecule has 4 N–H and O–H groups in total. The van der Waals surface area contributed by atoms with Crippen LogP contribution in [-0.2, 0) is 0 Å². The molecule has 1 heterocycles. The number of amides is 2. The van der Waals surface area contributed by atoms with Crippen LogP contribution in [0.4, 0.5) is 35.4 Å². The summed E-state index contributed by atoms with van der Waals surface area (Å²) in [5, 5.41) is 16.7. The molecular weight excluding hydrogens is 367 g/mol. The number of hydrogen-bond donors (Lipinski definition) is 4. The molecule has 2 amide bonds. The molecule has 0 radical (unpaired) electrons. The molecule has 27 heavy (non-hydrogen) atoms. The Morgan fingerprint density at radius 1 is 1.19 bits per heavy atom. The summed E-state index contributed by atoms with van der Waals surface area (Å²) < 4.78 is 40.1. The number of halogens is 3. The van der Waals surface area contributed by atoms with Gasteiger partial charge in [-0.1, -0.05) is 0 Å². The number of anilines is 3. The highest BCUT2D eigenvalue weighted by Gasteiger charge is 2.30. The van der Waals surface area contributed by atoms with Crippen molar-refractivity contribution in [2.24, 2.45) is 0 Å². The molecule has 0 unspecified atom stereocenters. The molecule has 0 aliphatic rings. The van der Waals surface area contributed by atoms with Gasteiger partial charge in [-0.15, -0.1) is 13.2 Å². The smallest absolute Gasteiger partial charge is 0.406 e. The van der Waals surface area contributed by atoms with Crippen LogP contribution in [0.1, 0.15) is 12.1 Å². The number of benzene rings is 1. The summed E-state index contributed by atoms with van der Waals surface area (Å²) in [5.41, 5.74) is 0.872. The highest BCUT2D eigenvalue weighted by Crippen LogP contribution is 2.24. The molecule has 0 saturated heterocycles. The van der Waals surface area contributed by atoms with Gasteiger partial charge in [-0.3, -0.25) is 5.32 Å². The van der Waals surface area contributed by atoms with Gasteiger partial charge in [-0.2, -0.15) is 4.98 Å². The van der Waals surface area contributed by atoms with Gasteiger partial charge in [0.05, 0.1) is 0 Å². The molecule has 0 aliphatic carbocycles. The summed E-state index contributed by atoms with van der Waals surface area (Å²) >= 11 is 0. The van der Waals surface area contributed by atoms with Gasteiger partial charge in [0.1, 0.15) is 11.6 Å². The first-order chi connectivity index (χ1) is 12.7. The number of nitrogens with zero attached hydrogens (tertiary/aromatic N) is 2. The zero-order valence-corrected chi connectivity index (χ0v) is 14.3. The molecule has 1 aromatic carbocycles. The Hall–Kier alpha value is -3.08. The fourth-order valence-electron chi connectivity index (χ4n) is 2.01. The number of ether oxygens (including phenoxy) is 1. The molecule has 0 spiro atoms. The molecule has 8 nitrogen and oxygen atoms in total. The lowest BCUT2D eigenvalue weighted by atomic mass is 10.3. The van der Waals surface area contributed by atoms with Crippen LogP contribution in [0.3, 0.4) is 0 Å². The number of aromatic nitrogens is 2. The van der Waals surface area contributed by atoms with E-state index < -0.39 is 18.1 Å². The second-order valence-corrected chi connectivity index (χ2v) is 5.37. The molecule has 1 aromatic heterocycles. The van der Waals surface area contributed by atoms with E-state index in [1.54, 1.807) is 13.0 Å². The molecule has 0 fully saturated rings. The summed E-state index contributed by atoms with van der Waals surface area (Å²) in [7, 11) is 0. The van der Waals surface area contributed by atoms with Crippen LogP contribution in [0.25, 0.3) is 0 Å². The van der Waals surface area contributed by atoms with Gasteiger partial charge in [-0.25, -0.2) is 9.78 Å². The number of urea groups is 1. The zero-order chi connectivity index (χ0) is 19.9. The van der Waals surface area contributed by atoms with Crippen LogP contribution in [0, 0.1) is 6.92 Å². The van der Waals surface area contributed by atoms with Crippen LogP contribution >= 0.6 is 0 Å². The first-order valence-electron chi connectivity index (χ1n) is 7.89. The third-order valence-electron chi connectivity index (χ3n) is 3.07. The van der Waals surface area contributed by atoms with Gasteiger partial charge in [0.15, 0.2) is 0 Å². The lowest BCUT2D eigenvalue weighted by molar-refractivity contribution is -0.274. The van der Waals surface area contributed by atoms with Crippen molar-refractivity contribution in [3.05, 3.63) is 36.0 Å². The first-order valence-corrected chi connectivity index (χ1v) is 7.89. The molecule has 11 heteroatoms. The molecule has 0 saturated carbocycles. The van der Waals surface area contributed by atoms with Crippen molar-refractivity contribution in [1.29, 1.82) is 0 Å². The number of carbonyl (C=O) groups is 1. The van der Waals surface area contributed by atoms with Crippen molar-refractivity contribution in [3.63, 3.8) is 0 Å². The highest BCUT2D eigenvalue weighted by atomic mass is 19.4. The van der Waals surface area contributed by atoms with E-state index in [4.69, 9.17) is 5.11 Å². The summed E-state index contributed by atoms with van der Waals surface area (Å²) in [4.78, 5) is 20.2. The fraction of sp³-hybridized carbons (Fsp3) is 0.312. The molecule has 0 bridgehead atoms. The normalized spacial score (nSPS) is 11.0. The number of hydrogen-bond acceptors (Lipinski definition) is 6. The SMILES string of the molecule is Cc1cc(NCCCO)nc(NC(=O)Nc2ccc(OC(F)(F)F)cc2)n1. The average Bonchev–Trinajstić information content (AvgIpc) is 2.55. The number of rotatable bonds is 7. The Morgan fingerprint density at radius 3 is 2.52 bits per heavy atom. The van der Waals surface area contributed by atoms with E-state index in [0.29, 0.717) is 24.5 Å². The quantitative estimate of drug-likeness (QED) is 0.546. The maximum atomic E-state index is 12.1. The van der Waals surface area contributed by atoms with E-state index in [1.165, 1.54) is 12.1 Å². The van der Waals surface area contributed by atoms with Crippen molar-refractivity contribution in [1.82, 2.24) is 9.97 Å². The number of aliphatic hydroxyl groups excluding tert-OH is 1. The molecule has 146 valence electrons. The number of nitrogens with one attached hydrogen (secondary N) is 3. The topological polar surface area (TPSA) is 108 Å². The maximum absolute atomic E-state index is 12.1. The lowest BCUT2D eigenvalue weighted by Gasteiger charge is -2.11. The van der Waals surface area contributed by atoms with E-state index in [9.17, 15) is 18.0 Å². The Balaban J connectivity index is 1.95. The third kappa shape index (κ3) is 7.36. The van der Waals surface area contributed by atoms with E-state index in [1.807, 2.05) is 0 Å². The van der Waals surface area contributed by atoms with Crippen LogP contribution in [0.5, 0.6) is 5.75 Å². The minimum absolute atomic E-state index is 0.0391. The van der Waals surface area contributed by atoms with Crippen molar-refractivity contribution in [2.45, 2.75) is 19.7 Å². The summed E-state index contributed by atoms with van der Waals surface area (Å²) in [6.07, 6.45) is -4.24. The van der Waals surface area contributed by atoms with Crippen molar-refractivity contribution >= 4 is 23.5 Å². The van der Waals surface area contributed by atoms with Gasteiger partial charge in [0, 0.05) is 30.6 Å². The van der Waals surface area contributed by atoms with Gasteiger partial charge in [-0.05, 0) is 37.6 Å². The predicted octanol–water partition coefficient (Wildman–Crippen LogP) is 3.12. The van der Waals surface area contributed by atoms with E-state index in [2.05, 4.69) is 30.7 Å². The molecule has 0 aliphatic heterocycles. The van der Waals surface area contributed by atoms with Crippen molar-refractivity contribution in [2.75, 3.05) is 29.1 Å². The van der Waals surface area contributed by atoms with Crippen LogP contribution < -0.4 is 20.7 Å². The van der Waals surface area contributed by atoms with Gasteiger partial charge < -0.3 is 20.5 Å². The largest absolute Gasteiger partial charge is 0.573 e. The summed E-state index contributed by atoms with van der Waals surface area (Å²) in [6.45, 7) is 2.27. The second-order valence-electron chi connectivity index (χ2n) is 5.37. The van der Waals surface area contributed by atoms with E-state index in [0.717, 1.165) is 12.1 Å². The standard InChI is InChI=1S/C16H18F3N5O3/c1-10-9-13(20-7-2-8-25)23-14(21-10)24-15(26)22-11-3-5-12(6-4-11)27-16(17,18)19/h3-6,9,25H,2,7-8H2,1H3,(H3,20,21,22,23,24,26). The maximum Gasteiger partial charge on any atom is 0.573 e. The monoisotopic (exact) mass is 385 g/mol. The summed E-state index contributed by atoms with van der Waals surface area (Å²) in [5.74, 6) is 0.144. The zero-order valence-electron chi connectivity index (χ0n) is 14.3. The van der Waals surface area contributed by atoms with E-state index in [-0.39, 0.29) is 18.2 Å². The molecule has 2 rings (SSSR count). The van der Waals surface area contributed by atoms with Crippen LogP contribution in [0.15, 0.2) is 30.3 Å². The lowest BCUT2D eigenvalue weighted by Crippen LogP contribution is -2.21. The third-order valence-corrected chi connectivity index (χ3v) is 3.07. The molecule has 2 aromatic rings. The predicted molar refractivity (Wildman–Crippen MR) is 92.7 cm³/mol. The van der Waals surface area contributed by atoms with Crippen LogP contribution in [0.2, 0.25) is 0 Å². The Bertz CT molecular complexity index is 769. The van der Waals surface area contributed by atoms with Crippen molar-refractivity contribution < 1.29 is 27.8 Å². The van der Waals surface area contributed by atoms with Gasteiger partial charge in [0.25, 0.3) is 0 Å². The highest BCUT2D eigenvalue weighted by molar-refractivity contribution is 5.98. The van der Waals surface area contributed by atoms with Gasteiger partial charge in [0.2, 0.25) is 5.95 Å². The van der Waals surface area contributed by atoms with Crippen molar-refractivity contribution in [3.8, 4) is 5.75 Å². The molecule has 0 atom stereocenters. The Labute approximate surface area is 152 Å². The minimum Gasteiger partial charge on any atom is -0.406 e. The van der Waals surface area contributed by atoms with E-state index >= 15 is 0 Å². The fourth-order valence-corrected chi connectivity index (χ4v) is 2.01. The Morgan fingerprint density at radius 2 is 1.89 bits per heavy atom. The minimum atomic E-state index is -4.78. The summed E-state index contributed by atoms with van der Waals surface area (Å²) in [6, 6.07) is 5.70. The Kier molecular flexibility index (Phi) is 6.77. The molecular formula is C16H18F3N5O3. The van der Waals surface area contributed by atoms with Gasteiger partial charge >= 0.3 is 12.4 Å². The number of carbonyl (C=O) groups excluding carboxylic acids is 1. The number of aryl methyl sites for hydroxylation is 1. The second kappa shape index (κ2) is 9.03. The number of alkyl halides is 3.